The molecule has 3 aromatic rings. The molecule has 1 aliphatic carbocycles. The molecule has 1 fully saturated rings. The van der Waals surface area contributed by atoms with Crippen molar-refractivity contribution in [3.05, 3.63) is 60.0 Å². The van der Waals surface area contributed by atoms with Crippen LogP contribution in [0.1, 0.15) is 37.4 Å². The van der Waals surface area contributed by atoms with E-state index in [-0.39, 0.29) is 6.10 Å². The number of aromatic nitrogens is 2. The molecular weight excluding hydrogens is 336 g/mol. The summed E-state index contributed by atoms with van der Waals surface area (Å²) in [6.07, 6.45) is 7.51. The molecule has 3 heterocycles. The summed E-state index contributed by atoms with van der Waals surface area (Å²) < 4.78 is 6.26. The van der Waals surface area contributed by atoms with Crippen LogP contribution in [0.4, 0.5) is 5.69 Å². The van der Waals surface area contributed by atoms with Crippen molar-refractivity contribution in [3.63, 3.8) is 0 Å². The lowest BCUT2D eigenvalue weighted by Crippen LogP contribution is -2.19. The molecule has 5 heteroatoms. The predicted molar refractivity (Wildman–Crippen MR) is 107 cm³/mol. The van der Waals surface area contributed by atoms with E-state index in [1.165, 1.54) is 12.8 Å². The van der Waals surface area contributed by atoms with Gasteiger partial charge in [0.1, 0.15) is 11.9 Å². The second-order valence-corrected chi connectivity index (χ2v) is 7.40. The summed E-state index contributed by atoms with van der Waals surface area (Å²) in [5, 5.41) is 5.60. The first-order valence-electron chi connectivity index (χ1n) is 9.59. The van der Waals surface area contributed by atoms with Gasteiger partial charge >= 0.3 is 0 Å². The molecule has 5 nitrogen and oxygen atoms in total. The van der Waals surface area contributed by atoms with E-state index in [1.54, 1.807) is 0 Å². The van der Waals surface area contributed by atoms with Gasteiger partial charge in [-0.2, -0.15) is 0 Å². The summed E-state index contributed by atoms with van der Waals surface area (Å²) in [5.74, 6) is 2.21. The number of aliphatic imine (C=N–C) groups is 1. The molecule has 1 aromatic carbocycles. The smallest absolute Gasteiger partial charge is 0.221 e. The average Bonchev–Trinajstić information content (AvgIpc) is 3.28. The standard InChI is InChI=1S/C22H22N4O/c1-14-4-2-6-20(14)27-22-17-8-7-16(12-15(17)9-11-24-22)26-21-18-5-3-10-23-19(18)13-25-21/h3,5,7-12,14,20H,2,4,6,13H2,1H3,(H,25,26)/t14-,20+/m0/s1. The molecule has 1 saturated carbocycles. The molecule has 0 spiro atoms. The van der Waals surface area contributed by atoms with E-state index >= 15 is 0 Å². The van der Waals surface area contributed by atoms with Crippen molar-refractivity contribution in [2.75, 3.05) is 5.32 Å². The number of nitrogens with zero attached hydrogens (tertiary/aromatic N) is 3. The minimum Gasteiger partial charge on any atom is -0.474 e. The Hall–Kier alpha value is -2.95. The van der Waals surface area contributed by atoms with Gasteiger partial charge in [-0.05, 0) is 67.0 Å². The Bertz CT molecular complexity index is 1030. The Morgan fingerprint density at radius 1 is 1.07 bits per heavy atom. The van der Waals surface area contributed by atoms with E-state index < -0.39 is 0 Å². The van der Waals surface area contributed by atoms with Crippen LogP contribution in [0.2, 0.25) is 0 Å². The summed E-state index contributed by atoms with van der Waals surface area (Å²) in [6, 6.07) is 12.3. The minimum absolute atomic E-state index is 0.276. The number of nitrogens with one attached hydrogen (secondary N) is 1. The topological polar surface area (TPSA) is 59.4 Å². The van der Waals surface area contributed by atoms with Crippen LogP contribution in [0, 0.1) is 5.92 Å². The van der Waals surface area contributed by atoms with Gasteiger partial charge in [-0.25, -0.2) is 4.98 Å². The molecule has 0 saturated heterocycles. The van der Waals surface area contributed by atoms with Gasteiger partial charge in [0, 0.05) is 29.0 Å². The van der Waals surface area contributed by atoms with Crippen LogP contribution in [0.5, 0.6) is 5.88 Å². The van der Waals surface area contributed by atoms with E-state index in [2.05, 4.69) is 51.5 Å². The highest BCUT2D eigenvalue weighted by atomic mass is 16.5. The van der Waals surface area contributed by atoms with Crippen LogP contribution >= 0.6 is 0 Å². The van der Waals surface area contributed by atoms with Crippen molar-refractivity contribution in [1.82, 2.24) is 9.97 Å². The second-order valence-electron chi connectivity index (χ2n) is 7.40. The van der Waals surface area contributed by atoms with E-state index in [1.807, 2.05) is 24.5 Å². The third-order valence-corrected chi connectivity index (χ3v) is 5.57. The highest BCUT2D eigenvalue weighted by molar-refractivity contribution is 6.11. The number of anilines is 1. The summed E-state index contributed by atoms with van der Waals surface area (Å²) in [6.45, 7) is 2.90. The van der Waals surface area contributed by atoms with Gasteiger partial charge in [-0.3, -0.25) is 9.98 Å². The SMILES string of the molecule is C[C@H]1CCC[C@H]1Oc1nccc2cc(NC3=NCc4ncccc43)ccc12. The molecule has 1 aliphatic heterocycles. The number of ether oxygens (including phenoxy) is 1. The molecule has 136 valence electrons. The van der Waals surface area contributed by atoms with E-state index in [0.29, 0.717) is 12.5 Å². The number of fused-ring (bicyclic) bond motifs is 2. The van der Waals surface area contributed by atoms with Gasteiger partial charge < -0.3 is 10.1 Å². The van der Waals surface area contributed by atoms with Crippen LogP contribution in [0.15, 0.2) is 53.8 Å². The van der Waals surface area contributed by atoms with Crippen molar-refractivity contribution in [2.45, 2.75) is 38.8 Å². The van der Waals surface area contributed by atoms with Crippen LogP contribution in [0.3, 0.4) is 0 Å². The zero-order valence-corrected chi connectivity index (χ0v) is 15.4. The fourth-order valence-corrected chi connectivity index (χ4v) is 4.01. The molecule has 1 N–H and O–H groups in total. The summed E-state index contributed by atoms with van der Waals surface area (Å²) >= 11 is 0. The molecule has 2 aliphatic rings. The molecule has 2 atom stereocenters. The van der Waals surface area contributed by atoms with Crippen LogP contribution < -0.4 is 10.1 Å². The Morgan fingerprint density at radius 2 is 2.04 bits per heavy atom. The fourth-order valence-electron chi connectivity index (χ4n) is 4.01. The number of rotatable bonds is 3. The van der Waals surface area contributed by atoms with Crippen molar-refractivity contribution in [3.8, 4) is 5.88 Å². The van der Waals surface area contributed by atoms with Crippen LogP contribution in [0.25, 0.3) is 10.8 Å². The van der Waals surface area contributed by atoms with Gasteiger partial charge in [0.25, 0.3) is 0 Å². The first-order valence-corrected chi connectivity index (χ1v) is 9.59. The molecule has 0 amide bonds. The number of hydrogen-bond donors (Lipinski definition) is 1. The van der Waals surface area contributed by atoms with Crippen molar-refractivity contribution < 1.29 is 4.74 Å². The molecule has 2 aromatic heterocycles. The van der Waals surface area contributed by atoms with E-state index in [4.69, 9.17) is 4.74 Å². The Morgan fingerprint density at radius 3 is 2.93 bits per heavy atom. The summed E-state index contributed by atoms with van der Waals surface area (Å²) in [5.41, 5.74) is 3.10. The van der Waals surface area contributed by atoms with Crippen molar-refractivity contribution >= 4 is 22.3 Å². The Labute approximate surface area is 158 Å². The quantitative estimate of drug-likeness (QED) is 0.745. The van der Waals surface area contributed by atoms with E-state index in [0.717, 1.165) is 45.9 Å². The maximum absolute atomic E-state index is 6.26. The van der Waals surface area contributed by atoms with Crippen LogP contribution in [-0.2, 0) is 6.54 Å². The highest BCUT2D eigenvalue weighted by Gasteiger charge is 2.26. The van der Waals surface area contributed by atoms with Gasteiger partial charge in [-0.15, -0.1) is 0 Å². The third-order valence-electron chi connectivity index (χ3n) is 5.57. The fraction of sp³-hybridized carbons (Fsp3) is 0.318. The van der Waals surface area contributed by atoms with Gasteiger partial charge in [0.2, 0.25) is 5.88 Å². The normalized spacial score (nSPS) is 21.1. The lowest BCUT2D eigenvalue weighted by molar-refractivity contribution is 0.163. The molecule has 0 radical (unpaired) electrons. The first-order chi connectivity index (χ1) is 13.3. The van der Waals surface area contributed by atoms with Crippen LogP contribution in [-0.4, -0.2) is 21.9 Å². The summed E-state index contributed by atoms with van der Waals surface area (Å²) in [4.78, 5) is 13.5. The van der Waals surface area contributed by atoms with Gasteiger partial charge in [0.05, 0.1) is 12.2 Å². The largest absolute Gasteiger partial charge is 0.474 e. The highest BCUT2D eigenvalue weighted by Crippen LogP contribution is 2.32. The molecule has 27 heavy (non-hydrogen) atoms. The first kappa shape index (κ1) is 16.2. The van der Waals surface area contributed by atoms with Crippen molar-refractivity contribution in [1.29, 1.82) is 0 Å². The molecular formula is C22H22N4O. The lowest BCUT2D eigenvalue weighted by Gasteiger charge is -2.18. The van der Waals surface area contributed by atoms with Gasteiger partial charge in [0.15, 0.2) is 0 Å². The zero-order valence-electron chi connectivity index (χ0n) is 15.4. The third kappa shape index (κ3) is 3.03. The predicted octanol–water partition coefficient (Wildman–Crippen LogP) is 4.57. The number of pyridine rings is 2. The second kappa shape index (κ2) is 6.65. The Balaban J connectivity index is 1.41. The van der Waals surface area contributed by atoms with Crippen molar-refractivity contribution in [2.24, 2.45) is 10.9 Å². The average molecular weight is 358 g/mol. The number of benzene rings is 1. The van der Waals surface area contributed by atoms with E-state index in [9.17, 15) is 0 Å². The number of amidine groups is 1. The maximum atomic E-state index is 6.26. The lowest BCUT2D eigenvalue weighted by atomic mass is 10.1. The monoisotopic (exact) mass is 358 g/mol. The maximum Gasteiger partial charge on any atom is 0.221 e. The molecule has 0 unspecified atom stereocenters. The Kier molecular flexibility index (Phi) is 4.00. The number of hydrogen-bond acceptors (Lipinski definition) is 5. The molecule has 0 bridgehead atoms. The summed E-state index contributed by atoms with van der Waals surface area (Å²) in [7, 11) is 0. The van der Waals surface area contributed by atoms with Gasteiger partial charge in [-0.1, -0.05) is 6.92 Å². The zero-order chi connectivity index (χ0) is 18.2. The molecule has 5 rings (SSSR count). The minimum atomic E-state index is 0.276.